The third-order valence-corrected chi connectivity index (χ3v) is 2.32. The first kappa shape index (κ1) is 13.0. The molecule has 1 aromatic rings. The van der Waals surface area contributed by atoms with Crippen LogP contribution in [0.5, 0.6) is 11.5 Å². The van der Waals surface area contributed by atoms with Crippen molar-refractivity contribution in [1.29, 1.82) is 0 Å². The van der Waals surface area contributed by atoms with Gasteiger partial charge >= 0.3 is 5.97 Å². The molecule has 0 aliphatic carbocycles. The lowest BCUT2D eigenvalue weighted by Crippen LogP contribution is -2.02. The lowest BCUT2D eigenvalue weighted by atomic mass is 10.0. The molecule has 0 aliphatic heterocycles. The molecular weight excluding hydrogens is 224 g/mol. The predicted octanol–water partition coefficient (Wildman–Crippen LogP) is 1.53. The minimum atomic E-state index is -0.900. The fraction of sp³-hybridized carbons (Fsp3) is 0.333. The number of carboxylic acid groups (broad SMARTS) is 1. The summed E-state index contributed by atoms with van der Waals surface area (Å²) in [6, 6.07) is 3.16. The maximum absolute atomic E-state index is 10.8. The smallest absolute Gasteiger partial charge is 0.303 e. The maximum atomic E-state index is 10.8. The molecule has 0 atom stereocenters. The zero-order chi connectivity index (χ0) is 12.8. The molecule has 92 valence electrons. The number of carbonyl (C=O) groups excluding carboxylic acids is 1. The van der Waals surface area contributed by atoms with E-state index in [1.807, 2.05) is 0 Å². The van der Waals surface area contributed by atoms with Gasteiger partial charge in [0.25, 0.3) is 0 Å². The summed E-state index contributed by atoms with van der Waals surface area (Å²) in [6.45, 7) is 0. The van der Waals surface area contributed by atoms with Gasteiger partial charge in [0, 0.05) is 12.0 Å². The van der Waals surface area contributed by atoms with Gasteiger partial charge in [-0.2, -0.15) is 0 Å². The second kappa shape index (κ2) is 5.89. The van der Waals surface area contributed by atoms with Crippen molar-refractivity contribution in [2.45, 2.75) is 12.8 Å². The summed E-state index contributed by atoms with van der Waals surface area (Å²) in [5.41, 5.74) is 1.08. The molecule has 0 saturated heterocycles. The van der Waals surface area contributed by atoms with Crippen LogP contribution in [0.3, 0.4) is 0 Å². The number of aldehydes is 1. The van der Waals surface area contributed by atoms with Crippen molar-refractivity contribution in [1.82, 2.24) is 0 Å². The van der Waals surface area contributed by atoms with E-state index in [0.717, 1.165) is 0 Å². The molecule has 5 heteroatoms. The number of benzene rings is 1. The van der Waals surface area contributed by atoms with Gasteiger partial charge < -0.3 is 14.6 Å². The summed E-state index contributed by atoms with van der Waals surface area (Å²) >= 11 is 0. The van der Waals surface area contributed by atoms with Gasteiger partial charge in [0.2, 0.25) is 0 Å². The van der Waals surface area contributed by atoms with Crippen LogP contribution in [0.15, 0.2) is 12.1 Å². The van der Waals surface area contributed by atoms with E-state index in [1.54, 1.807) is 12.1 Å². The Kier molecular flexibility index (Phi) is 4.51. The molecule has 0 fully saturated rings. The highest BCUT2D eigenvalue weighted by atomic mass is 16.5. The Morgan fingerprint density at radius 1 is 1.35 bits per heavy atom. The Balaban J connectivity index is 3.14. The van der Waals surface area contributed by atoms with E-state index in [1.165, 1.54) is 14.2 Å². The highest BCUT2D eigenvalue weighted by Gasteiger charge is 2.13. The Morgan fingerprint density at radius 3 is 2.53 bits per heavy atom. The molecule has 0 heterocycles. The number of rotatable bonds is 6. The lowest BCUT2D eigenvalue weighted by molar-refractivity contribution is -0.136. The summed E-state index contributed by atoms with van der Waals surface area (Å²) < 4.78 is 10.3. The van der Waals surface area contributed by atoms with E-state index >= 15 is 0 Å². The van der Waals surface area contributed by atoms with Crippen molar-refractivity contribution < 1.29 is 24.2 Å². The SMILES string of the molecule is COc1cc(C=O)cc(CCC(=O)O)c1OC. The van der Waals surface area contributed by atoms with Crippen molar-refractivity contribution in [3.05, 3.63) is 23.3 Å². The highest BCUT2D eigenvalue weighted by Crippen LogP contribution is 2.32. The molecule has 0 unspecified atom stereocenters. The monoisotopic (exact) mass is 238 g/mol. The number of hydrogen-bond acceptors (Lipinski definition) is 4. The maximum Gasteiger partial charge on any atom is 0.303 e. The highest BCUT2D eigenvalue weighted by molar-refractivity contribution is 5.77. The summed E-state index contributed by atoms with van der Waals surface area (Å²) in [6.07, 6.45) is 0.949. The molecule has 0 bridgehead atoms. The van der Waals surface area contributed by atoms with Gasteiger partial charge in [0.05, 0.1) is 14.2 Å². The molecule has 0 aromatic heterocycles. The second-order valence-corrected chi connectivity index (χ2v) is 3.43. The third kappa shape index (κ3) is 3.21. The number of ether oxygens (including phenoxy) is 2. The van der Waals surface area contributed by atoms with Crippen LogP contribution in [0.4, 0.5) is 0 Å². The first-order valence-corrected chi connectivity index (χ1v) is 5.04. The quantitative estimate of drug-likeness (QED) is 0.761. The summed E-state index contributed by atoms with van der Waals surface area (Å²) in [4.78, 5) is 21.3. The molecular formula is C12H14O5. The number of aryl methyl sites for hydroxylation is 1. The molecule has 5 nitrogen and oxygen atoms in total. The Labute approximate surface area is 99.0 Å². The second-order valence-electron chi connectivity index (χ2n) is 3.43. The first-order chi connectivity index (χ1) is 8.12. The fourth-order valence-electron chi connectivity index (χ4n) is 1.56. The van der Waals surface area contributed by atoms with Gasteiger partial charge in [-0.05, 0) is 24.1 Å². The largest absolute Gasteiger partial charge is 0.493 e. The standard InChI is InChI=1S/C12H14O5/c1-16-10-6-8(7-13)5-9(12(10)17-2)3-4-11(14)15/h5-7H,3-4H2,1-2H3,(H,14,15). The number of aliphatic carboxylic acids is 1. The molecule has 1 rings (SSSR count). The zero-order valence-electron chi connectivity index (χ0n) is 9.73. The predicted molar refractivity (Wildman–Crippen MR) is 60.9 cm³/mol. The van der Waals surface area contributed by atoms with Crippen LogP contribution in [0.25, 0.3) is 0 Å². The van der Waals surface area contributed by atoms with Crippen LogP contribution < -0.4 is 9.47 Å². The average molecular weight is 238 g/mol. The van der Waals surface area contributed by atoms with Crippen LogP contribution in [0.2, 0.25) is 0 Å². The number of hydrogen-bond donors (Lipinski definition) is 1. The van der Waals surface area contributed by atoms with Crippen LogP contribution in [0.1, 0.15) is 22.3 Å². The number of carboxylic acids is 1. The minimum Gasteiger partial charge on any atom is -0.493 e. The van der Waals surface area contributed by atoms with E-state index in [2.05, 4.69) is 0 Å². The van der Waals surface area contributed by atoms with E-state index < -0.39 is 5.97 Å². The van der Waals surface area contributed by atoms with Gasteiger partial charge in [0.15, 0.2) is 11.5 Å². The summed E-state index contributed by atoms with van der Waals surface area (Å²) in [7, 11) is 2.94. The summed E-state index contributed by atoms with van der Waals surface area (Å²) in [5.74, 6) is -0.000588. The van der Waals surface area contributed by atoms with Gasteiger partial charge in [-0.25, -0.2) is 0 Å². The van der Waals surface area contributed by atoms with Gasteiger partial charge in [-0.3, -0.25) is 9.59 Å². The third-order valence-electron chi connectivity index (χ3n) is 2.32. The molecule has 0 spiro atoms. The van der Waals surface area contributed by atoms with Crippen LogP contribution in [-0.2, 0) is 11.2 Å². The van der Waals surface area contributed by atoms with Crippen molar-refractivity contribution in [3.8, 4) is 11.5 Å². The molecule has 0 saturated carbocycles. The molecule has 0 aliphatic rings. The minimum absolute atomic E-state index is 0.0260. The Morgan fingerprint density at radius 2 is 2.06 bits per heavy atom. The molecule has 1 aromatic carbocycles. The lowest BCUT2D eigenvalue weighted by Gasteiger charge is -2.13. The number of carbonyl (C=O) groups is 2. The van der Waals surface area contributed by atoms with Crippen molar-refractivity contribution in [3.63, 3.8) is 0 Å². The van der Waals surface area contributed by atoms with Crippen molar-refractivity contribution in [2.24, 2.45) is 0 Å². The first-order valence-electron chi connectivity index (χ1n) is 5.04. The van der Waals surface area contributed by atoms with Gasteiger partial charge in [-0.1, -0.05) is 0 Å². The van der Waals surface area contributed by atoms with Crippen LogP contribution in [0, 0.1) is 0 Å². The van der Waals surface area contributed by atoms with Gasteiger partial charge in [-0.15, -0.1) is 0 Å². The van der Waals surface area contributed by atoms with Gasteiger partial charge in [0.1, 0.15) is 6.29 Å². The summed E-state index contributed by atoms with van der Waals surface area (Å²) in [5, 5.41) is 8.65. The van der Waals surface area contributed by atoms with Crippen LogP contribution >= 0.6 is 0 Å². The Bertz CT molecular complexity index is 425. The van der Waals surface area contributed by atoms with E-state index in [4.69, 9.17) is 14.6 Å². The normalized spacial score (nSPS) is 9.76. The van der Waals surface area contributed by atoms with E-state index in [-0.39, 0.29) is 12.8 Å². The van der Waals surface area contributed by atoms with E-state index in [9.17, 15) is 9.59 Å². The topological polar surface area (TPSA) is 72.8 Å². The van der Waals surface area contributed by atoms with E-state index in [0.29, 0.717) is 28.9 Å². The van der Waals surface area contributed by atoms with Crippen molar-refractivity contribution >= 4 is 12.3 Å². The average Bonchev–Trinajstić information content (AvgIpc) is 2.34. The number of methoxy groups -OCH3 is 2. The van der Waals surface area contributed by atoms with Crippen molar-refractivity contribution in [2.75, 3.05) is 14.2 Å². The Hall–Kier alpha value is -2.04. The molecule has 0 amide bonds. The molecule has 0 radical (unpaired) electrons. The molecule has 1 N–H and O–H groups in total. The molecule has 17 heavy (non-hydrogen) atoms. The zero-order valence-corrected chi connectivity index (χ0v) is 9.73. The van der Waals surface area contributed by atoms with Crippen LogP contribution in [-0.4, -0.2) is 31.6 Å². The fourth-order valence-corrected chi connectivity index (χ4v) is 1.56.